The topological polar surface area (TPSA) is 42.4 Å². The summed E-state index contributed by atoms with van der Waals surface area (Å²) >= 11 is 0. The molecule has 8 aromatic rings. The van der Waals surface area contributed by atoms with E-state index in [1.165, 1.54) is 11.1 Å². The minimum absolute atomic E-state index is 0.608. The number of nitrogens with zero attached hydrogens (tertiary/aromatic N) is 2. The second-order valence-electron chi connectivity index (χ2n) is 10.1. The SMILES string of the molecule is c1ccc(-c2ccc(N(c3ccccc3)c3ccc4c(c3)oc3cc5nc(-c6ccccc6)oc5cc34)cc2)cc1. The van der Waals surface area contributed by atoms with Crippen LogP contribution in [0.15, 0.2) is 154 Å². The van der Waals surface area contributed by atoms with Crippen molar-refractivity contribution in [1.29, 1.82) is 0 Å². The predicted octanol–water partition coefficient (Wildman–Crippen LogP) is 10.5. The van der Waals surface area contributed by atoms with E-state index in [-0.39, 0.29) is 0 Å². The minimum Gasteiger partial charge on any atom is -0.456 e. The number of aromatic nitrogens is 1. The second-order valence-corrected chi connectivity index (χ2v) is 10.1. The van der Waals surface area contributed by atoms with Crippen molar-refractivity contribution >= 4 is 50.1 Å². The van der Waals surface area contributed by atoms with Gasteiger partial charge in [0, 0.05) is 45.5 Å². The van der Waals surface area contributed by atoms with Crippen LogP contribution in [0.2, 0.25) is 0 Å². The second kappa shape index (κ2) is 9.54. The summed E-state index contributed by atoms with van der Waals surface area (Å²) in [6.45, 7) is 0. The van der Waals surface area contributed by atoms with E-state index >= 15 is 0 Å². The molecule has 0 radical (unpaired) electrons. The van der Waals surface area contributed by atoms with E-state index < -0.39 is 0 Å². The molecule has 0 saturated heterocycles. The predicted molar refractivity (Wildman–Crippen MR) is 167 cm³/mol. The third-order valence-electron chi connectivity index (χ3n) is 7.49. The number of para-hydroxylation sites is 1. The van der Waals surface area contributed by atoms with E-state index in [1.807, 2.05) is 54.6 Å². The zero-order chi connectivity index (χ0) is 27.2. The normalized spacial score (nSPS) is 11.4. The summed E-state index contributed by atoms with van der Waals surface area (Å²) in [5.74, 6) is 0.608. The molecule has 0 N–H and O–H groups in total. The van der Waals surface area contributed by atoms with Crippen LogP contribution in [0.4, 0.5) is 17.1 Å². The van der Waals surface area contributed by atoms with Crippen LogP contribution in [-0.4, -0.2) is 4.98 Å². The average Bonchev–Trinajstić information content (AvgIpc) is 3.62. The van der Waals surface area contributed by atoms with Gasteiger partial charge in [-0.2, -0.15) is 0 Å². The molecular formula is C37H24N2O2. The van der Waals surface area contributed by atoms with E-state index in [4.69, 9.17) is 13.8 Å². The maximum atomic E-state index is 6.41. The molecule has 4 heteroatoms. The van der Waals surface area contributed by atoms with Gasteiger partial charge in [-0.05, 0) is 65.7 Å². The Morgan fingerprint density at radius 1 is 0.415 bits per heavy atom. The molecule has 0 spiro atoms. The van der Waals surface area contributed by atoms with Crippen LogP contribution in [0, 0.1) is 0 Å². The van der Waals surface area contributed by atoms with E-state index in [9.17, 15) is 0 Å². The number of hydrogen-bond donors (Lipinski definition) is 0. The lowest BCUT2D eigenvalue weighted by molar-refractivity contribution is 0.620. The first-order valence-electron chi connectivity index (χ1n) is 13.6. The molecule has 0 aliphatic carbocycles. The molecule has 2 heterocycles. The van der Waals surface area contributed by atoms with Gasteiger partial charge in [-0.25, -0.2) is 4.98 Å². The third kappa shape index (κ3) is 4.14. The van der Waals surface area contributed by atoms with Crippen molar-refractivity contribution in [2.75, 3.05) is 4.90 Å². The van der Waals surface area contributed by atoms with Gasteiger partial charge in [0.1, 0.15) is 16.7 Å². The van der Waals surface area contributed by atoms with Gasteiger partial charge >= 0.3 is 0 Å². The molecule has 2 aromatic heterocycles. The Balaban J connectivity index is 1.22. The van der Waals surface area contributed by atoms with Gasteiger partial charge in [-0.1, -0.05) is 78.9 Å². The molecule has 194 valence electrons. The molecule has 0 bridgehead atoms. The van der Waals surface area contributed by atoms with Gasteiger partial charge in [-0.3, -0.25) is 0 Å². The molecule has 0 aliphatic heterocycles. The minimum atomic E-state index is 0.608. The van der Waals surface area contributed by atoms with Crippen molar-refractivity contribution in [1.82, 2.24) is 4.98 Å². The average molecular weight is 529 g/mol. The highest BCUT2D eigenvalue weighted by molar-refractivity contribution is 6.09. The van der Waals surface area contributed by atoms with Crippen LogP contribution in [0.25, 0.3) is 55.6 Å². The lowest BCUT2D eigenvalue weighted by Gasteiger charge is -2.25. The van der Waals surface area contributed by atoms with E-state index in [1.54, 1.807) is 0 Å². The number of anilines is 3. The smallest absolute Gasteiger partial charge is 0.227 e. The fourth-order valence-corrected chi connectivity index (χ4v) is 5.49. The molecule has 8 rings (SSSR count). The Morgan fingerprint density at radius 3 is 1.73 bits per heavy atom. The number of fused-ring (bicyclic) bond motifs is 4. The summed E-state index contributed by atoms with van der Waals surface area (Å²) in [5.41, 5.74) is 9.62. The standard InChI is InChI=1S/C37H24N2O2/c1-4-10-25(11-5-1)26-16-18-29(19-17-26)39(28-14-8-3-9-15-28)30-20-21-31-32-23-36-33(24-35(32)40-34(31)22-30)38-37(41-36)27-12-6-2-7-13-27/h1-24H. The van der Waals surface area contributed by atoms with Crippen molar-refractivity contribution in [3.8, 4) is 22.6 Å². The first-order valence-corrected chi connectivity index (χ1v) is 13.6. The number of hydrogen-bond acceptors (Lipinski definition) is 4. The molecule has 0 unspecified atom stereocenters. The Hall–Kier alpha value is -5.61. The first-order chi connectivity index (χ1) is 20.3. The fraction of sp³-hybridized carbons (Fsp3) is 0. The Bertz CT molecular complexity index is 2130. The van der Waals surface area contributed by atoms with Gasteiger partial charge in [-0.15, -0.1) is 0 Å². The largest absolute Gasteiger partial charge is 0.456 e. The molecule has 0 fully saturated rings. The van der Waals surface area contributed by atoms with Gasteiger partial charge in [0.25, 0.3) is 0 Å². The Kier molecular flexibility index (Phi) is 5.42. The molecular weight excluding hydrogens is 504 g/mol. The zero-order valence-electron chi connectivity index (χ0n) is 22.1. The van der Waals surface area contributed by atoms with E-state index in [0.717, 1.165) is 55.7 Å². The first kappa shape index (κ1) is 23.3. The number of benzene rings is 6. The quantitative estimate of drug-likeness (QED) is 0.223. The highest BCUT2D eigenvalue weighted by Crippen LogP contribution is 2.40. The highest BCUT2D eigenvalue weighted by Gasteiger charge is 2.17. The molecule has 4 nitrogen and oxygen atoms in total. The van der Waals surface area contributed by atoms with E-state index in [0.29, 0.717) is 5.89 Å². The van der Waals surface area contributed by atoms with Crippen molar-refractivity contribution in [3.63, 3.8) is 0 Å². The monoisotopic (exact) mass is 528 g/mol. The van der Waals surface area contributed by atoms with Crippen molar-refractivity contribution < 1.29 is 8.83 Å². The molecule has 0 saturated carbocycles. The number of oxazole rings is 1. The van der Waals surface area contributed by atoms with Crippen molar-refractivity contribution in [2.45, 2.75) is 0 Å². The Labute approximate surface area is 236 Å². The van der Waals surface area contributed by atoms with Crippen LogP contribution in [-0.2, 0) is 0 Å². The number of furan rings is 1. The summed E-state index contributed by atoms with van der Waals surface area (Å²) in [4.78, 5) is 6.97. The number of rotatable bonds is 5. The summed E-state index contributed by atoms with van der Waals surface area (Å²) in [5, 5.41) is 2.05. The van der Waals surface area contributed by atoms with Gasteiger partial charge < -0.3 is 13.7 Å². The third-order valence-corrected chi connectivity index (χ3v) is 7.49. The van der Waals surface area contributed by atoms with Crippen molar-refractivity contribution in [2.24, 2.45) is 0 Å². The summed E-state index contributed by atoms with van der Waals surface area (Å²) in [7, 11) is 0. The molecule has 0 atom stereocenters. The van der Waals surface area contributed by atoms with E-state index in [2.05, 4.69) is 95.9 Å². The van der Waals surface area contributed by atoms with Crippen molar-refractivity contribution in [3.05, 3.63) is 146 Å². The molecule has 0 amide bonds. The van der Waals surface area contributed by atoms with Crippen LogP contribution < -0.4 is 4.90 Å². The van der Waals surface area contributed by atoms with Gasteiger partial charge in [0.05, 0.1) is 0 Å². The molecule has 0 aliphatic rings. The molecule has 41 heavy (non-hydrogen) atoms. The maximum absolute atomic E-state index is 6.41. The van der Waals surface area contributed by atoms with Crippen LogP contribution in [0.5, 0.6) is 0 Å². The van der Waals surface area contributed by atoms with Crippen LogP contribution >= 0.6 is 0 Å². The Morgan fingerprint density at radius 2 is 1.00 bits per heavy atom. The lowest BCUT2D eigenvalue weighted by Crippen LogP contribution is -2.09. The summed E-state index contributed by atoms with van der Waals surface area (Å²) < 4.78 is 12.5. The fourth-order valence-electron chi connectivity index (χ4n) is 5.49. The molecule has 6 aromatic carbocycles. The van der Waals surface area contributed by atoms with Gasteiger partial charge in [0.15, 0.2) is 5.58 Å². The summed E-state index contributed by atoms with van der Waals surface area (Å²) in [6.07, 6.45) is 0. The zero-order valence-corrected chi connectivity index (χ0v) is 22.1. The maximum Gasteiger partial charge on any atom is 0.227 e. The van der Waals surface area contributed by atoms with Crippen LogP contribution in [0.3, 0.4) is 0 Å². The lowest BCUT2D eigenvalue weighted by atomic mass is 10.0. The van der Waals surface area contributed by atoms with Gasteiger partial charge in [0.2, 0.25) is 5.89 Å². The summed E-state index contributed by atoms with van der Waals surface area (Å²) in [6, 6.07) is 49.9. The highest BCUT2D eigenvalue weighted by atomic mass is 16.4. The van der Waals surface area contributed by atoms with Crippen LogP contribution in [0.1, 0.15) is 0 Å².